The molecule has 7 nitrogen and oxygen atoms in total. The summed E-state index contributed by atoms with van der Waals surface area (Å²) in [5.74, 6) is -0.313. The fourth-order valence-corrected chi connectivity index (χ4v) is 2.65. The van der Waals surface area contributed by atoms with Crippen molar-refractivity contribution in [2.45, 2.75) is 19.4 Å². The molecule has 0 aliphatic rings. The van der Waals surface area contributed by atoms with E-state index in [2.05, 4.69) is 20.8 Å². The highest BCUT2D eigenvalue weighted by Crippen LogP contribution is 2.22. The summed E-state index contributed by atoms with van der Waals surface area (Å²) in [5, 5.41) is 13.7. The summed E-state index contributed by atoms with van der Waals surface area (Å²) >= 11 is 5.85. The maximum atomic E-state index is 12.4. The topological polar surface area (TPSA) is 97.1 Å². The molecule has 138 valence electrons. The first-order chi connectivity index (χ1) is 13.0. The number of nitrogens with zero attached hydrogens (tertiary/aromatic N) is 2. The van der Waals surface area contributed by atoms with E-state index in [4.69, 9.17) is 16.0 Å². The van der Waals surface area contributed by atoms with Crippen LogP contribution in [0.4, 0.5) is 6.01 Å². The van der Waals surface area contributed by atoms with Gasteiger partial charge in [-0.15, -0.1) is 5.10 Å². The van der Waals surface area contributed by atoms with Gasteiger partial charge in [-0.2, -0.15) is 0 Å². The van der Waals surface area contributed by atoms with Crippen LogP contribution in [0.15, 0.2) is 59.0 Å². The predicted molar refractivity (Wildman–Crippen MR) is 101 cm³/mol. The number of hydrogen-bond acceptors (Lipinski definition) is 5. The smallest absolute Gasteiger partial charge is 0.322 e. The molecule has 2 aromatic carbocycles. The van der Waals surface area contributed by atoms with Crippen molar-refractivity contribution in [2.75, 3.05) is 5.32 Å². The molecule has 3 aromatic rings. The van der Waals surface area contributed by atoms with E-state index in [1.165, 1.54) is 6.92 Å². The summed E-state index contributed by atoms with van der Waals surface area (Å²) in [4.78, 5) is 23.8. The molecule has 3 rings (SSSR count). The minimum Gasteiger partial charge on any atom is -0.403 e. The third-order valence-electron chi connectivity index (χ3n) is 3.73. The van der Waals surface area contributed by atoms with Gasteiger partial charge in [0.05, 0.1) is 12.5 Å². The lowest BCUT2D eigenvalue weighted by molar-refractivity contribution is -0.120. The highest BCUT2D eigenvalue weighted by Gasteiger charge is 2.19. The van der Waals surface area contributed by atoms with Crippen molar-refractivity contribution in [3.05, 3.63) is 65.2 Å². The molecule has 1 heterocycles. The van der Waals surface area contributed by atoms with Gasteiger partial charge < -0.3 is 9.73 Å². The van der Waals surface area contributed by atoms with E-state index in [1.807, 2.05) is 30.3 Å². The van der Waals surface area contributed by atoms with Crippen LogP contribution in [0.3, 0.4) is 0 Å². The van der Waals surface area contributed by atoms with Crippen molar-refractivity contribution < 1.29 is 14.0 Å². The number of rotatable bonds is 6. The first-order valence-corrected chi connectivity index (χ1v) is 8.60. The molecular formula is C19H17ClN4O3. The normalized spacial score (nSPS) is 11.6. The molecule has 0 saturated carbocycles. The third-order valence-corrected chi connectivity index (χ3v) is 3.98. The van der Waals surface area contributed by atoms with E-state index in [0.29, 0.717) is 10.6 Å². The zero-order valence-electron chi connectivity index (χ0n) is 14.5. The zero-order valence-corrected chi connectivity index (χ0v) is 15.2. The quantitative estimate of drug-likeness (QED) is 0.676. The Balaban J connectivity index is 1.67. The van der Waals surface area contributed by atoms with Crippen LogP contribution in [0.5, 0.6) is 0 Å². The molecule has 27 heavy (non-hydrogen) atoms. The minimum absolute atomic E-state index is 0.0143. The lowest BCUT2D eigenvalue weighted by atomic mass is 10.0. The van der Waals surface area contributed by atoms with Gasteiger partial charge in [0.15, 0.2) is 0 Å². The van der Waals surface area contributed by atoms with Gasteiger partial charge in [0.1, 0.15) is 0 Å². The summed E-state index contributed by atoms with van der Waals surface area (Å²) in [6, 6.07) is 15.7. The summed E-state index contributed by atoms with van der Waals surface area (Å²) < 4.78 is 5.46. The highest BCUT2D eigenvalue weighted by atomic mass is 35.5. The average Bonchev–Trinajstić information content (AvgIpc) is 3.10. The number of anilines is 1. The Morgan fingerprint density at radius 2 is 1.78 bits per heavy atom. The minimum atomic E-state index is -0.456. The molecule has 0 fully saturated rings. The SMILES string of the molecule is CC(=O)N[C@@H](CC(=O)Nc1nnc(-c2ccc(Cl)cc2)o1)c1ccccc1. The summed E-state index contributed by atoms with van der Waals surface area (Å²) in [5.41, 5.74) is 1.52. The molecule has 2 amide bonds. The second kappa shape index (κ2) is 8.46. The van der Waals surface area contributed by atoms with E-state index in [9.17, 15) is 9.59 Å². The summed E-state index contributed by atoms with van der Waals surface area (Å²) in [7, 11) is 0. The fraction of sp³-hybridized carbons (Fsp3) is 0.158. The molecule has 0 bridgehead atoms. The molecule has 1 atom stereocenters. The number of hydrogen-bond donors (Lipinski definition) is 2. The Hall–Kier alpha value is -3.19. The molecule has 2 N–H and O–H groups in total. The molecule has 1 aromatic heterocycles. The third kappa shape index (κ3) is 5.15. The van der Waals surface area contributed by atoms with Crippen molar-refractivity contribution in [1.29, 1.82) is 0 Å². The monoisotopic (exact) mass is 384 g/mol. The number of amides is 2. The second-order valence-corrected chi connectivity index (χ2v) is 6.27. The Kier molecular flexibility index (Phi) is 5.83. The Bertz CT molecular complexity index is 926. The molecule has 0 aliphatic carbocycles. The van der Waals surface area contributed by atoms with Crippen molar-refractivity contribution in [3.63, 3.8) is 0 Å². The molecule has 0 spiro atoms. The summed E-state index contributed by atoms with van der Waals surface area (Å²) in [6.07, 6.45) is 0.0300. The van der Waals surface area contributed by atoms with E-state index in [1.54, 1.807) is 24.3 Å². The largest absolute Gasteiger partial charge is 0.403 e. The van der Waals surface area contributed by atoms with Gasteiger partial charge in [-0.25, -0.2) is 0 Å². The number of aromatic nitrogens is 2. The Morgan fingerprint density at radius 1 is 1.07 bits per heavy atom. The van der Waals surface area contributed by atoms with Crippen LogP contribution in [0, 0.1) is 0 Å². The number of carbonyl (C=O) groups excluding carboxylic acids is 2. The molecule has 8 heteroatoms. The van der Waals surface area contributed by atoms with E-state index in [-0.39, 0.29) is 30.1 Å². The van der Waals surface area contributed by atoms with Crippen LogP contribution in [0.25, 0.3) is 11.5 Å². The van der Waals surface area contributed by atoms with Gasteiger partial charge in [-0.05, 0) is 29.8 Å². The standard InChI is InChI=1S/C19H17ClN4O3/c1-12(25)21-16(13-5-3-2-4-6-13)11-17(26)22-19-24-23-18(27-19)14-7-9-15(20)10-8-14/h2-10,16H,11H2,1H3,(H,21,25)(H,22,24,26)/t16-/m0/s1. The molecular weight excluding hydrogens is 368 g/mol. The van der Waals surface area contributed by atoms with Crippen LogP contribution in [-0.2, 0) is 9.59 Å². The van der Waals surface area contributed by atoms with Gasteiger partial charge in [0, 0.05) is 17.5 Å². The molecule has 0 unspecified atom stereocenters. The lowest BCUT2D eigenvalue weighted by Gasteiger charge is -2.17. The lowest BCUT2D eigenvalue weighted by Crippen LogP contribution is -2.29. The molecule has 0 aliphatic heterocycles. The average molecular weight is 385 g/mol. The van der Waals surface area contributed by atoms with Crippen LogP contribution in [-0.4, -0.2) is 22.0 Å². The van der Waals surface area contributed by atoms with Crippen molar-refractivity contribution >= 4 is 29.4 Å². The zero-order chi connectivity index (χ0) is 19.2. The van der Waals surface area contributed by atoms with Crippen LogP contribution in [0.2, 0.25) is 5.02 Å². The van der Waals surface area contributed by atoms with Gasteiger partial charge in [-0.3, -0.25) is 14.9 Å². The number of benzene rings is 2. The van der Waals surface area contributed by atoms with Gasteiger partial charge in [0.2, 0.25) is 17.7 Å². The van der Waals surface area contributed by atoms with Crippen LogP contribution in [0.1, 0.15) is 24.9 Å². The number of halogens is 1. The van der Waals surface area contributed by atoms with Crippen LogP contribution < -0.4 is 10.6 Å². The van der Waals surface area contributed by atoms with Crippen molar-refractivity contribution in [3.8, 4) is 11.5 Å². The Labute approximate surface area is 160 Å². The van der Waals surface area contributed by atoms with E-state index < -0.39 is 6.04 Å². The number of nitrogens with one attached hydrogen (secondary N) is 2. The van der Waals surface area contributed by atoms with E-state index >= 15 is 0 Å². The van der Waals surface area contributed by atoms with Crippen LogP contribution >= 0.6 is 11.6 Å². The van der Waals surface area contributed by atoms with Crippen molar-refractivity contribution in [2.24, 2.45) is 0 Å². The second-order valence-electron chi connectivity index (χ2n) is 5.84. The maximum absolute atomic E-state index is 12.4. The van der Waals surface area contributed by atoms with Crippen molar-refractivity contribution in [1.82, 2.24) is 15.5 Å². The number of carbonyl (C=O) groups is 2. The Morgan fingerprint density at radius 3 is 2.44 bits per heavy atom. The highest BCUT2D eigenvalue weighted by molar-refractivity contribution is 6.30. The first-order valence-electron chi connectivity index (χ1n) is 8.22. The fourth-order valence-electron chi connectivity index (χ4n) is 2.52. The van der Waals surface area contributed by atoms with Gasteiger partial charge >= 0.3 is 6.01 Å². The summed E-state index contributed by atoms with van der Waals surface area (Å²) in [6.45, 7) is 1.41. The van der Waals surface area contributed by atoms with Gasteiger partial charge in [-0.1, -0.05) is 47.0 Å². The molecule has 0 saturated heterocycles. The van der Waals surface area contributed by atoms with Gasteiger partial charge in [0.25, 0.3) is 0 Å². The first kappa shape index (κ1) is 18.6. The predicted octanol–water partition coefficient (Wildman–Crippen LogP) is 3.60. The van der Waals surface area contributed by atoms with E-state index in [0.717, 1.165) is 5.56 Å². The molecule has 0 radical (unpaired) electrons. The maximum Gasteiger partial charge on any atom is 0.322 e.